The van der Waals surface area contributed by atoms with Crippen molar-refractivity contribution >= 4 is 28.2 Å². The first kappa shape index (κ1) is 20.9. The zero-order chi connectivity index (χ0) is 20.2. The number of hydrogen-bond donors (Lipinski definition) is 2. The molecule has 0 spiro atoms. The van der Waals surface area contributed by atoms with Crippen molar-refractivity contribution < 1.29 is 19.6 Å². The van der Waals surface area contributed by atoms with Gasteiger partial charge in [0.05, 0.1) is 16.0 Å². The van der Waals surface area contributed by atoms with Crippen molar-refractivity contribution in [3.63, 3.8) is 0 Å². The number of allylic oxidation sites excluding steroid dienone is 3. The van der Waals surface area contributed by atoms with Crippen molar-refractivity contribution in [1.82, 2.24) is 0 Å². The van der Waals surface area contributed by atoms with Gasteiger partial charge in [-0.15, -0.1) is 11.3 Å². The first-order valence-electron chi connectivity index (χ1n) is 8.79. The number of nitrogens with two attached hydrogens (primary N) is 1. The third-order valence-corrected chi connectivity index (χ3v) is 5.71. The van der Waals surface area contributed by atoms with E-state index in [2.05, 4.69) is 44.4 Å². The number of nitrogens with one attached hydrogen (secondary N) is 1. The van der Waals surface area contributed by atoms with E-state index >= 15 is 0 Å². The quantitative estimate of drug-likeness (QED) is 0.460. The summed E-state index contributed by atoms with van der Waals surface area (Å²) in [4.78, 5) is 24.8. The number of ether oxygens (including phenoxy) is 1. The number of carbonyl (C=O) groups excluding carboxylic acids is 2. The molecule has 1 amide bonds. The van der Waals surface area contributed by atoms with E-state index in [1.54, 1.807) is 18.2 Å². The number of rotatable bonds is 5. The van der Waals surface area contributed by atoms with Crippen LogP contribution in [0.15, 0.2) is 24.3 Å². The molecule has 0 fully saturated rings. The lowest BCUT2D eigenvalue weighted by molar-refractivity contribution is -0.789. The second-order valence-corrected chi connectivity index (χ2v) is 8.82. The minimum absolute atomic E-state index is 0.0285. The maximum absolute atomic E-state index is 12.2. The Kier molecular flexibility index (Phi) is 6.24. The highest BCUT2D eigenvalue weighted by atomic mass is 32.1. The first-order valence-corrected chi connectivity index (χ1v) is 9.60. The van der Waals surface area contributed by atoms with Gasteiger partial charge in [-0.1, -0.05) is 18.2 Å². The second kappa shape index (κ2) is 8.07. The van der Waals surface area contributed by atoms with Crippen LogP contribution >= 0.6 is 11.3 Å². The van der Waals surface area contributed by atoms with Crippen LogP contribution in [0.1, 0.15) is 50.6 Å². The van der Waals surface area contributed by atoms with E-state index in [9.17, 15) is 14.9 Å². The molecule has 0 aliphatic carbocycles. The van der Waals surface area contributed by atoms with Gasteiger partial charge in [0.15, 0.2) is 6.61 Å². The fourth-order valence-corrected chi connectivity index (χ4v) is 4.76. The van der Waals surface area contributed by atoms with Gasteiger partial charge in [0.25, 0.3) is 5.91 Å². The second-order valence-electron chi connectivity index (χ2n) is 7.80. The van der Waals surface area contributed by atoms with Crippen LogP contribution in [-0.2, 0) is 26.3 Å². The lowest BCUT2D eigenvalue weighted by Crippen LogP contribution is -3.03. The molecule has 2 rings (SSSR count). The van der Waals surface area contributed by atoms with Crippen LogP contribution < -0.4 is 10.6 Å². The van der Waals surface area contributed by atoms with Crippen molar-refractivity contribution in [3.05, 3.63) is 40.3 Å². The summed E-state index contributed by atoms with van der Waals surface area (Å²) in [6, 6.07) is 2.24. The summed E-state index contributed by atoms with van der Waals surface area (Å²) in [6.45, 7) is 9.97. The lowest BCUT2D eigenvalue weighted by Gasteiger charge is -2.38. The Morgan fingerprint density at radius 1 is 1.33 bits per heavy atom. The predicted molar refractivity (Wildman–Crippen MR) is 105 cm³/mol. The first-order chi connectivity index (χ1) is 12.6. The Morgan fingerprint density at radius 3 is 2.67 bits per heavy atom. The summed E-state index contributed by atoms with van der Waals surface area (Å²) in [5.74, 6) is -1.05. The van der Waals surface area contributed by atoms with E-state index < -0.39 is 18.5 Å². The molecule has 0 bridgehead atoms. The SMILES string of the molecule is C/C=C/C=C/C(=O)OCC(=O)Nc1sc2c(c1C#N)CC(C)(C)[NH2+]C2(C)C. The monoisotopic (exact) mass is 388 g/mol. The topological polar surface area (TPSA) is 95.8 Å². The molecule has 0 radical (unpaired) electrons. The molecule has 1 aliphatic heterocycles. The van der Waals surface area contributed by atoms with Crippen LogP contribution in [-0.4, -0.2) is 24.0 Å². The molecular weight excluding hydrogens is 362 g/mol. The summed E-state index contributed by atoms with van der Waals surface area (Å²) < 4.78 is 4.92. The smallest absolute Gasteiger partial charge is 0.331 e. The number of amides is 1. The van der Waals surface area contributed by atoms with Gasteiger partial charge < -0.3 is 15.4 Å². The van der Waals surface area contributed by atoms with E-state index in [0.29, 0.717) is 10.6 Å². The third-order valence-electron chi connectivity index (χ3n) is 4.22. The molecular formula is C20H26N3O3S+. The third kappa shape index (κ3) is 5.06. The summed E-state index contributed by atoms with van der Waals surface area (Å²) in [7, 11) is 0. The molecule has 1 aliphatic rings. The molecule has 0 unspecified atom stereocenters. The van der Waals surface area contributed by atoms with Gasteiger partial charge in [0.2, 0.25) is 0 Å². The fraction of sp³-hybridized carbons (Fsp3) is 0.450. The lowest BCUT2D eigenvalue weighted by atomic mass is 9.81. The predicted octanol–water partition coefficient (Wildman–Crippen LogP) is 2.37. The number of anilines is 1. The Hall–Kier alpha value is -2.43. The number of fused-ring (bicyclic) bond motifs is 1. The van der Waals surface area contributed by atoms with Crippen LogP contribution in [0.4, 0.5) is 5.00 Å². The zero-order valence-corrected chi connectivity index (χ0v) is 17.2. The molecule has 2 heterocycles. The largest absolute Gasteiger partial charge is 0.452 e. The van der Waals surface area contributed by atoms with Gasteiger partial charge in [-0.2, -0.15) is 5.26 Å². The normalized spacial score (nSPS) is 17.5. The van der Waals surface area contributed by atoms with Crippen LogP contribution in [0.2, 0.25) is 0 Å². The van der Waals surface area contributed by atoms with Gasteiger partial charge in [-0.05, 0) is 40.2 Å². The minimum atomic E-state index is -0.591. The summed E-state index contributed by atoms with van der Waals surface area (Å²) in [5, 5.41) is 15.2. The van der Waals surface area contributed by atoms with Crippen LogP contribution in [0.25, 0.3) is 0 Å². The Balaban J connectivity index is 2.14. The molecule has 0 saturated heterocycles. The molecule has 1 aromatic rings. The van der Waals surface area contributed by atoms with Crippen molar-refractivity contribution in [3.8, 4) is 6.07 Å². The van der Waals surface area contributed by atoms with Gasteiger partial charge >= 0.3 is 5.97 Å². The van der Waals surface area contributed by atoms with E-state index in [0.717, 1.165) is 16.9 Å². The number of esters is 1. The van der Waals surface area contributed by atoms with Gasteiger partial charge in [-0.25, -0.2) is 4.79 Å². The zero-order valence-electron chi connectivity index (χ0n) is 16.4. The van der Waals surface area contributed by atoms with Crippen LogP contribution in [0.3, 0.4) is 0 Å². The van der Waals surface area contributed by atoms with Crippen molar-refractivity contribution in [2.75, 3.05) is 11.9 Å². The fourth-order valence-electron chi connectivity index (χ4n) is 3.50. The standard InChI is InChI=1S/C20H25N3O3S/c1-6-7-8-9-16(25)26-12-15(24)22-18-14(11-21)13-10-19(2,3)23-20(4,5)17(13)27-18/h6-9,23H,10,12H2,1-5H3,(H,22,24)/p+1/b7-6+,9-8+. The van der Waals surface area contributed by atoms with E-state index in [-0.39, 0.29) is 11.1 Å². The van der Waals surface area contributed by atoms with Crippen LogP contribution in [0, 0.1) is 11.3 Å². The highest BCUT2D eigenvalue weighted by molar-refractivity contribution is 7.16. The minimum Gasteiger partial charge on any atom is -0.452 e. The van der Waals surface area contributed by atoms with E-state index in [1.165, 1.54) is 17.4 Å². The van der Waals surface area contributed by atoms with Gasteiger partial charge in [0.1, 0.15) is 16.6 Å². The molecule has 1 aromatic heterocycles. The molecule has 7 heteroatoms. The average molecular weight is 389 g/mol. The number of carbonyl (C=O) groups is 2. The number of quaternary nitrogens is 1. The number of nitrogens with zero attached hydrogens (tertiary/aromatic N) is 1. The number of thiophene rings is 1. The highest BCUT2D eigenvalue weighted by Crippen LogP contribution is 2.41. The number of nitriles is 1. The Labute approximate surface area is 163 Å². The molecule has 0 atom stereocenters. The highest BCUT2D eigenvalue weighted by Gasteiger charge is 2.44. The maximum Gasteiger partial charge on any atom is 0.331 e. The Morgan fingerprint density at radius 2 is 2.04 bits per heavy atom. The molecule has 0 saturated carbocycles. The van der Waals surface area contributed by atoms with Gasteiger partial charge in [-0.3, -0.25) is 4.79 Å². The molecule has 3 N–H and O–H groups in total. The number of hydrogen-bond acceptors (Lipinski definition) is 5. The van der Waals surface area contributed by atoms with Crippen molar-refractivity contribution in [2.45, 2.75) is 52.1 Å². The van der Waals surface area contributed by atoms with Crippen molar-refractivity contribution in [1.29, 1.82) is 5.26 Å². The molecule has 0 aromatic carbocycles. The van der Waals surface area contributed by atoms with Crippen LogP contribution in [0.5, 0.6) is 0 Å². The molecule has 27 heavy (non-hydrogen) atoms. The summed E-state index contributed by atoms with van der Waals surface area (Å²) in [6.07, 6.45) is 7.02. The average Bonchev–Trinajstić information content (AvgIpc) is 2.89. The van der Waals surface area contributed by atoms with Crippen molar-refractivity contribution in [2.24, 2.45) is 0 Å². The molecule has 6 nitrogen and oxygen atoms in total. The maximum atomic E-state index is 12.2. The Bertz CT molecular complexity index is 841. The summed E-state index contributed by atoms with van der Waals surface area (Å²) >= 11 is 1.42. The molecule has 144 valence electrons. The van der Waals surface area contributed by atoms with Gasteiger partial charge in [0, 0.05) is 12.5 Å². The van der Waals surface area contributed by atoms with E-state index in [4.69, 9.17) is 4.74 Å². The summed E-state index contributed by atoms with van der Waals surface area (Å²) in [5.41, 5.74) is 1.30. The van der Waals surface area contributed by atoms with E-state index in [1.807, 2.05) is 6.92 Å².